The number of hydrogen-bond donors (Lipinski definition) is 2. The Morgan fingerprint density at radius 3 is 2.76 bits per heavy atom. The smallest absolute Gasteiger partial charge is 0.116 e. The summed E-state index contributed by atoms with van der Waals surface area (Å²) in [5.74, 6) is 0.296. The molecule has 17 heavy (non-hydrogen) atoms. The first-order valence-corrected chi connectivity index (χ1v) is 6.57. The number of rotatable bonds is 3. The number of phenols is 1. The van der Waals surface area contributed by atoms with E-state index in [-0.39, 0.29) is 6.04 Å². The van der Waals surface area contributed by atoms with Gasteiger partial charge in [-0.1, -0.05) is 22.0 Å². The minimum Gasteiger partial charge on any atom is -0.508 e. The third-order valence-corrected chi connectivity index (χ3v) is 3.79. The van der Waals surface area contributed by atoms with Gasteiger partial charge in [0.1, 0.15) is 5.75 Å². The molecule has 1 aromatic rings. The summed E-state index contributed by atoms with van der Waals surface area (Å²) in [6, 6.07) is 5.52. The zero-order chi connectivity index (χ0) is 12.3. The van der Waals surface area contributed by atoms with Crippen LogP contribution in [0.1, 0.15) is 11.6 Å². The van der Waals surface area contributed by atoms with Gasteiger partial charge in [-0.15, -0.1) is 6.58 Å². The van der Waals surface area contributed by atoms with E-state index in [2.05, 4.69) is 32.7 Å². The van der Waals surface area contributed by atoms with Crippen molar-refractivity contribution in [3.05, 3.63) is 40.9 Å². The highest BCUT2D eigenvalue weighted by atomic mass is 79.9. The van der Waals surface area contributed by atoms with Gasteiger partial charge in [-0.25, -0.2) is 0 Å². The maximum absolute atomic E-state index is 9.59. The molecule has 0 bridgehead atoms. The fraction of sp³-hybridized carbons (Fsp3) is 0.385. The van der Waals surface area contributed by atoms with Gasteiger partial charge in [0.05, 0.1) is 6.04 Å². The number of benzene rings is 1. The molecular formula is C13H17BrN2O. The van der Waals surface area contributed by atoms with Gasteiger partial charge >= 0.3 is 0 Å². The van der Waals surface area contributed by atoms with Gasteiger partial charge in [-0.3, -0.25) is 4.90 Å². The Balaban J connectivity index is 2.27. The number of nitrogens with zero attached hydrogens (tertiary/aromatic N) is 1. The predicted molar refractivity (Wildman–Crippen MR) is 73.2 cm³/mol. The van der Waals surface area contributed by atoms with Crippen LogP contribution in [0, 0.1) is 0 Å². The Morgan fingerprint density at radius 2 is 2.12 bits per heavy atom. The zero-order valence-electron chi connectivity index (χ0n) is 9.69. The largest absolute Gasteiger partial charge is 0.508 e. The van der Waals surface area contributed by atoms with Crippen LogP contribution in [0.25, 0.3) is 0 Å². The van der Waals surface area contributed by atoms with E-state index in [4.69, 9.17) is 0 Å². The van der Waals surface area contributed by atoms with E-state index < -0.39 is 0 Å². The van der Waals surface area contributed by atoms with Crippen LogP contribution in [0.5, 0.6) is 5.75 Å². The number of piperazine rings is 1. The third-order valence-electron chi connectivity index (χ3n) is 3.07. The first-order valence-electron chi connectivity index (χ1n) is 5.78. The lowest BCUT2D eigenvalue weighted by Gasteiger charge is -2.33. The number of phenolic OH excluding ortho intramolecular Hbond substituents is 1. The molecule has 1 aromatic carbocycles. The van der Waals surface area contributed by atoms with Gasteiger partial charge in [-0.2, -0.15) is 0 Å². The highest BCUT2D eigenvalue weighted by molar-refractivity contribution is 9.10. The van der Waals surface area contributed by atoms with Crippen LogP contribution in [0.3, 0.4) is 0 Å². The molecule has 1 atom stereocenters. The number of aromatic hydroxyl groups is 1. The molecule has 0 unspecified atom stereocenters. The van der Waals surface area contributed by atoms with Crippen LogP contribution >= 0.6 is 15.9 Å². The van der Waals surface area contributed by atoms with E-state index in [0.29, 0.717) is 5.75 Å². The Kier molecular flexibility index (Phi) is 4.20. The van der Waals surface area contributed by atoms with E-state index in [1.807, 2.05) is 12.1 Å². The fourth-order valence-electron chi connectivity index (χ4n) is 2.19. The summed E-state index contributed by atoms with van der Waals surface area (Å²) >= 11 is 3.54. The van der Waals surface area contributed by atoms with Gasteiger partial charge in [0.25, 0.3) is 0 Å². The normalized spacial score (nSPS) is 18.9. The van der Waals surface area contributed by atoms with Gasteiger partial charge in [0.15, 0.2) is 0 Å². The van der Waals surface area contributed by atoms with Crippen LogP contribution in [-0.4, -0.2) is 36.2 Å². The molecule has 1 fully saturated rings. The van der Waals surface area contributed by atoms with Gasteiger partial charge < -0.3 is 10.4 Å². The van der Waals surface area contributed by atoms with Crippen molar-refractivity contribution in [3.63, 3.8) is 0 Å². The number of halogens is 1. The molecule has 0 saturated carbocycles. The molecule has 0 aromatic heterocycles. The SMILES string of the molecule is C=C[C@@H](c1cc(O)ccc1Br)N1CCNCC1. The molecule has 1 aliphatic heterocycles. The zero-order valence-corrected chi connectivity index (χ0v) is 11.3. The Labute approximate surface area is 110 Å². The summed E-state index contributed by atoms with van der Waals surface area (Å²) in [4.78, 5) is 2.36. The lowest BCUT2D eigenvalue weighted by atomic mass is 10.0. The van der Waals surface area contributed by atoms with Crippen LogP contribution in [0.15, 0.2) is 35.3 Å². The summed E-state index contributed by atoms with van der Waals surface area (Å²) in [5, 5.41) is 12.9. The third kappa shape index (κ3) is 2.89. The molecular weight excluding hydrogens is 280 g/mol. The van der Waals surface area contributed by atoms with E-state index >= 15 is 0 Å². The molecule has 92 valence electrons. The minimum absolute atomic E-state index is 0.151. The molecule has 0 spiro atoms. The second-order valence-electron chi connectivity index (χ2n) is 4.17. The van der Waals surface area contributed by atoms with Gasteiger partial charge in [-0.05, 0) is 23.8 Å². The van der Waals surface area contributed by atoms with Crippen molar-refractivity contribution in [2.45, 2.75) is 6.04 Å². The Bertz CT molecular complexity index is 402. The van der Waals surface area contributed by atoms with Crippen molar-refractivity contribution in [2.75, 3.05) is 26.2 Å². The van der Waals surface area contributed by atoms with E-state index in [1.54, 1.807) is 12.1 Å². The molecule has 0 aliphatic carbocycles. The number of nitrogens with one attached hydrogen (secondary N) is 1. The molecule has 1 saturated heterocycles. The van der Waals surface area contributed by atoms with Crippen molar-refractivity contribution in [2.24, 2.45) is 0 Å². The summed E-state index contributed by atoms with van der Waals surface area (Å²) in [6.07, 6.45) is 1.94. The highest BCUT2D eigenvalue weighted by Crippen LogP contribution is 2.31. The lowest BCUT2D eigenvalue weighted by molar-refractivity contribution is 0.203. The highest BCUT2D eigenvalue weighted by Gasteiger charge is 2.21. The van der Waals surface area contributed by atoms with Crippen molar-refractivity contribution in [3.8, 4) is 5.75 Å². The van der Waals surface area contributed by atoms with Crippen LogP contribution in [0.4, 0.5) is 0 Å². The van der Waals surface area contributed by atoms with Crippen molar-refractivity contribution >= 4 is 15.9 Å². The summed E-state index contributed by atoms with van der Waals surface area (Å²) in [6.45, 7) is 7.92. The average molecular weight is 297 g/mol. The molecule has 3 nitrogen and oxygen atoms in total. The monoisotopic (exact) mass is 296 g/mol. The van der Waals surface area contributed by atoms with Crippen molar-refractivity contribution in [1.82, 2.24) is 10.2 Å². The van der Waals surface area contributed by atoms with E-state index in [0.717, 1.165) is 36.2 Å². The average Bonchev–Trinajstić information content (AvgIpc) is 2.36. The molecule has 2 N–H and O–H groups in total. The second-order valence-corrected chi connectivity index (χ2v) is 5.03. The number of hydrogen-bond acceptors (Lipinski definition) is 3. The van der Waals surface area contributed by atoms with E-state index in [1.165, 1.54) is 0 Å². The summed E-state index contributed by atoms with van der Waals surface area (Å²) in [5.41, 5.74) is 1.07. The summed E-state index contributed by atoms with van der Waals surface area (Å²) in [7, 11) is 0. The Hall–Kier alpha value is -0.840. The molecule has 1 aliphatic rings. The maximum Gasteiger partial charge on any atom is 0.116 e. The molecule has 4 heteroatoms. The Morgan fingerprint density at radius 1 is 1.41 bits per heavy atom. The first kappa shape index (κ1) is 12.6. The van der Waals surface area contributed by atoms with Crippen molar-refractivity contribution in [1.29, 1.82) is 0 Å². The van der Waals surface area contributed by atoms with Gasteiger partial charge in [0, 0.05) is 30.7 Å². The van der Waals surface area contributed by atoms with Crippen molar-refractivity contribution < 1.29 is 5.11 Å². The second kappa shape index (κ2) is 5.67. The molecule has 2 rings (SSSR count). The van der Waals surface area contributed by atoms with Crippen LogP contribution in [-0.2, 0) is 0 Å². The molecule has 0 radical (unpaired) electrons. The maximum atomic E-state index is 9.59. The van der Waals surface area contributed by atoms with Gasteiger partial charge in [0.2, 0.25) is 0 Å². The standard InChI is InChI=1S/C13H17BrN2O/c1-2-13(16-7-5-15-6-8-16)11-9-10(17)3-4-12(11)14/h2-4,9,13,15,17H,1,5-8H2/t13-/m0/s1. The van der Waals surface area contributed by atoms with E-state index in [9.17, 15) is 5.11 Å². The molecule has 1 heterocycles. The minimum atomic E-state index is 0.151. The van der Waals surface area contributed by atoms with Crippen LogP contribution < -0.4 is 5.32 Å². The summed E-state index contributed by atoms with van der Waals surface area (Å²) < 4.78 is 1.01. The first-order chi connectivity index (χ1) is 8.22. The predicted octanol–water partition coefficient (Wildman–Crippen LogP) is 2.29. The molecule has 0 amide bonds. The quantitative estimate of drug-likeness (QED) is 0.840. The van der Waals surface area contributed by atoms with Crippen LogP contribution in [0.2, 0.25) is 0 Å². The fourth-order valence-corrected chi connectivity index (χ4v) is 2.67. The lowest BCUT2D eigenvalue weighted by Crippen LogP contribution is -2.44. The topological polar surface area (TPSA) is 35.5 Å².